The lowest BCUT2D eigenvalue weighted by atomic mass is 10.0. The summed E-state index contributed by atoms with van der Waals surface area (Å²) in [7, 11) is 0. The maximum atomic E-state index is 12.8. The second-order valence-electron chi connectivity index (χ2n) is 18.1. The summed E-state index contributed by atoms with van der Waals surface area (Å²) in [5.41, 5.74) is 0. The maximum Gasteiger partial charge on any atom is 0.306 e. The van der Waals surface area contributed by atoms with Gasteiger partial charge in [0, 0.05) is 19.3 Å². The van der Waals surface area contributed by atoms with Gasteiger partial charge in [0.2, 0.25) is 0 Å². The summed E-state index contributed by atoms with van der Waals surface area (Å²) >= 11 is 0. The van der Waals surface area contributed by atoms with Crippen molar-refractivity contribution in [3.8, 4) is 0 Å². The minimum absolute atomic E-state index is 0.0789. The molecule has 366 valence electrons. The van der Waals surface area contributed by atoms with Crippen LogP contribution in [0.3, 0.4) is 0 Å². The van der Waals surface area contributed by atoms with Gasteiger partial charge in [-0.1, -0.05) is 230 Å². The number of hydrogen-bond donors (Lipinski definition) is 0. The van der Waals surface area contributed by atoms with Gasteiger partial charge in [-0.05, 0) is 77.0 Å². The van der Waals surface area contributed by atoms with Crippen molar-refractivity contribution in [3.05, 3.63) is 48.6 Å². The highest BCUT2D eigenvalue weighted by Gasteiger charge is 2.19. The average Bonchev–Trinajstić information content (AvgIpc) is 3.28. The number of carbonyl (C=O) groups excluding carboxylic acids is 3. The van der Waals surface area contributed by atoms with E-state index in [0.29, 0.717) is 19.3 Å². The largest absolute Gasteiger partial charge is 0.462 e. The van der Waals surface area contributed by atoms with E-state index in [-0.39, 0.29) is 31.1 Å². The topological polar surface area (TPSA) is 78.9 Å². The molecule has 0 heterocycles. The number of allylic oxidation sites excluding steroid dienone is 8. The van der Waals surface area contributed by atoms with Crippen LogP contribution in [0.15, 0.2) is 48.6 Å². The van der Waals surface area contributed by atoms with E-state index in [4.69, 9.17) is 14.2 Å². The molecular weight excluding hydrogens is 781 g/mol. The van der Waals surface area contributed by atoms with Crippen molar-refractivity contribution in [2.45, 2.75) is 284 Å². The van der Waals surface area contributed by atoms with Crippen LogP contribution in [0.2, 0.25) is 0 Å². The highest BCUT2D eigenvalue weighted by Crippen LogP contribution is 2.15. The highest BCUT2D eigenvalue weighted by atomic mass is 16.6. The van der Waals surface area contributed by atoms with Crippen molar-refractivity contribution in [1.82, 2.24) is 0 Å². The summed E-state index contributed by atoms with van der Waals surface area (Å²) < 4.78 is 16.8. The second kappa shape index (κ2) is 52.0. The van der Waals surface area contributed by atoms with Gasteiger partial charge in [-0.15, -0.1) is 0 Å². The minimum atomic E-state index is -0.781. The Kier molecular flexibility index (Phi) is 49.8. The van der Waals surface area contributed by atoms with Crippen molar-refractivity contribution < 1.29 is 28.6 Å². The Morgan fingerprint density at radius 1 is 0.317 bits per heavy atom. The van der Waals surface area contributed by atoms with Crippen LogP contribution < -0.4 is 0 Å². The maximum absolute atomic E-state index is 12.8. The molecule has 0 saturated heterocycles. The van der Waals surface area contributed by atoms with Crippen LogP contribution in [-0.4, -0.2) is 37.2 Å². The van der Waals surface area contributed by atoms with Crippen LogP contribution >= 0.6 is 0 Å². The van der Waals surface area contributed by atoms with E-state index in [1.165, 1.54) is 141 Å². The van der Waals surface area contributed by atoms with E-state index in [9.17, 15) is 14.4 Å². The lowest BCUT2D eigenvalue weighted by molar-refractivity contribution is -0.167. The SMILES string of the molecule is CCCC/C=C\C/C=C\CCCCCCCC(=O)OC(COC(=O)CCCCCCCCC/C=C\C/C=C\CCCCC)COC(=O)CCCCCCCCCCCCCCCC. The molecule has 0 N–H and O–H groups in total. The number of esters is 3. The molecule has 0 aromatic carbocycles. The zero-order valence-corrected chi connectivity index (χ0v) is 41.8. The van der Waals surface area contributed by atoms with Crippen molar-refractivity contribution in [2.24, 2.45) is 0 Å². The van der Waals surface area contributed by atoms with Crippen LogP contribution in [0.25, 0.3) is 0 Å². The van der Waals surface area contributed by atoms with Gasteiger partial charge in [0.25, 0.3) is 0 Å². The van der Waals surface area contributed by atoms with E-state index < -0.39 is 6.10 Å². The Morgan fingerprint density at radius 2 is 0.587 bits per heavy atom. The first kappa shape index (κ1) is 60.4. The number of carbonyl (C=O) groups is 3. The summed E-state index contributed by atoms with van der Waals surface area (Å²) in [5.74, 6) is -0.891. The van der Waals surface area contributed by atoms with E-state index in [1.807, 2.05) is 0 Å². The average molecular weight is 883 g/mol. The molecule has 0 aliphatic rings. The fraction of sp³-hybridized carbons (Fsp3) is 0.807. The van der Waals surface area contributed by atoms with Crippen LogP contribution in [0, 0.1) is 0 Å². The van der Waals surface area contributed by atoms with Crippen LogP contribution in [-0.2, 0) is 28.6 Å². The molecule has 0 fully saturated rings. The van der Waals surface area contributed by atoms with Gasteiger partial charge in [0.15, 0.2) is 6.10 Å². The van der Waals surface area contributed by atoms with Gasteiger partial charge < -0.3 is 14.2 Å². The Hall–Kier alpha value is -2.63. The molecule has 0 spiro atoms. The summed E-state index contributed by atoms with van der Waals surface area (Å²) in [6, 6.07) is 0. The molecular formula is C57H102O6. The zero-order chi connectivity index (χ0) is 45.8. The van der Waals surface area contributed by atoms with Crippen molar-refractivity contribution in [2.75, 3.05) is 13.2 Å². The first-order valence-corrected chi connectivity index (χ1v) is 27.1. The Balaban J connectivity index is 4.38. The highest BCUT2D eigenvalue weighted by molar-refractivity contribution is 5.71. The molecule has 1 atom stereocenters. The summed E-state index contributed by atoms with van der Waals surface area (Å²) in [6.45, 7) is 6.58. The molecule has 0 aliphatic carbocycles. The standard InChI is InChI=1S/C57H102O6/c1-4-7-10-13-16-19-22-25-28-29-30-33-35-38-41-44-47-50-56(59)62-53-54(63-57(60)51-48-45-42-39-36-32-27-24-21-18-15-12-9-6-3)52-61-55(58)49-46-43-40-37-34-31-26-23-20-17-14-11-8-5-2/h15-16,18-19,24-25,27-28,54H,4-14,17,20-23,26,29-53H2,1-3H3/b18-15-,19-16-,27-24-,28-25-. The zero-order valence-electron chi connectivity index (χ0n) is 41.8. The first-order valence-electron chi connectivity index (χ1n) is 27.1. The van der Waals surface area contributed by atoms with Gasteiger partial charge in [0.1, 0.15) is 13.2 Å². The fourth-order valence-electron chi connectivity index (χ4n) is 7.67. The number of hydrogen-bond acceptors (Lipinski definition) is 6. The molecule has 0 aromatic heterocycles. The van der Waals surface area contributed by atoms with Gasteiger partial charge in [-0.3, -0.25) is 14.4 Å². The van der Waals surface area contributed by atoms with E-state index in [1.54, 1.807) is 0 Å². The summed E-state index contributed by atoms with van der Waals surface area (Å²) in [6.07, 6.45) is 62.3. The second-order valence-corrected chi connectivity index (χ2v) is 18.1. The molecule has 1 unspecified atom stereocenters. The molecule has 0 amide bonds. The predicted octanol–water partition coefficient (Wildman–Crippen LogP) is 17.9. The van der Waals surface area contributed by atoms with Crippen LogP contribution in [0.1, 0.15) is 278 Å². The third-order valence-corrected chi connectivity index (χ3v) is 11.8. The molecule has 63 heavy (non-hydrogen) atoms. The third-order valence-electron chi connectivity index (χ3n) is 11.8. The molecule has 0 aliphatic heterocycles. The lowest BCUT2D eigenvalue weighted by Crippen LogP contribution is -2.30. The van der Waals surface area contributed by atoms with Crippen LogP contribution in [0.5, 0.6) is 0 Å². The first-order chi connectivity index (χ1) is 31.0. The van der Waals surface area contributed by atoms with Crippen molar-refractivity contribution in [1.29, 1.82) is 0 Å². The molecule has 0 radical (unpaired) electrons. The Morgan fingerprint density at radius 3 is 0.952 bits per heavy atom. The van der Waals surface area contributed by atoms with Crippen LogP contribution in [0.4, 0.5) is 0 Å². The Labute approximate surface area is 390 Å². The summed E-state index contributed by atoms with van der Waals surface area (Å²) in [5, 5.41) is 0. The quantitative estimate of drug-likeness (QED) is 0.0262. The number of ether oxygens (including phenoxy) is 3. The van der Waals surface area contributed by atoms with Crippen molar-refractivity contribution in [3.63, 3.8) is 0 Å². The lowest BCUT2D eigenvalue weighted by Gasteiger charge is -2.18. The third kappa shape index (κ3) is 50.2. The fourth-order valence-corrected chi connectivity index (χ4v) is 7.67. The minimum Gasteiger partial charge on any atom is -0.462 e. The summed E-state index contributed by atoms with van der Waals surface area (Å²) in [4.78, 5) is 38.0. The van der Waals surface area contributed by atoms with Gasteiger partial charge in [-0.25, -0.2) is 0 Å². The van der Waals surface area contributed by atoms with E-state index in [2.05, 4.69) is 69.4 Å². The molecule has 6 nitrogen and oxygen atoms in total. The number of unbranched alkanes of at least 4 members (excludes halogenated alkanes) is 30. The van der Waals surface area contributed by atoms with E-state index >= 15 is 0 Å². The number of rotatable bonds is 49. The van der Waals surface area contributed by atoms with Crippen molar-refractivity contribution >= 4 is 17.9 Å². The van der Waals surface area contributed by atoms with Gasteiger partial charge in [-0.2, -0.15) is 0 Å². The predicted molar refractivity (Wildman–Crippen MR) is 270 cm³/mol. The molecule has 0 rings (SSSR count). The molecule has 0 bridgehead atoms. The van der Waals surface area contributed by atoms with E-state index in [0.717, 1.165) is 96.3 Å². The molecule has 6 heteroatoms. The Bertz CT molecular complexity index is 1110. The molecule has 0 aromatic rings. The molecule has 0 saturated carbocycles. The monoisotopic (exact) mass is 883 g/mol. The van der Waals surface area contributed by atoms with Gasteiger partial charge >= 0.3 is 17.9 Å². The van der Waals surface area contributed by atoms with Gasteiger partial charge in [0.05, 0.1) is 0 Å². The smallest absolute Gasteiger partial charge is 0.306 e. The normalized spacial score (nSPS) is 12.4.